The minimum Gasteiger partial charge on any atom is -0.399 e. The van der Waals surface area contributed by atoms with E-state index in [1.54, 1.807) is 13.0 Å². The molecule has 4 N–H and O–H groups in total. The standard InChI is InChI=1S/C9H12F2N2/c1-5(12)6-2-7(9(10)11)4-8(13)3-6/h2-5,9H,12-13H2,1H3. The molecule has 72 valence electrons. The van der Waals surface area contributed by atoms with Gasteiger partial charge in [0, 0.05) is 17.3 Å². The molecule has 0 fully saturated rings. The first-order valence-electron chi connectivity index (χ1n) is 3.95. The van der Waals surface area contributed by atoms with Crippen molar-refractivity contribution in [1.82, 2.24) is 0 Å². The van der Waals surface area contributed by atoms with Gasteiger partial charge >= 0.3 is 0 Å². The third-order valence-electron chi connectivity index (χ3n) is 1.78. The third-order valence-corrected chi connectivity index (χ3v) is 1.78. The number of hydrogen-bond acceptors (Lipinski definition) is 2. The Bertz CT molecular complexity index is 271. The molecule has 2 nitrogen and oxygen atoms in total. The molecule has 0 spiro atoms. The first kappa shape index (κ1) is 9.92. The van der Waals surface area contributed by atoms with Gasteiger partial charge in [0.1, 0.15) is 0 Å². The lowest BCUT2D eigenvalue weighted by Crippen LogP contribution is -2.06. The van der Waals surface area contributed by atoms with Crippen LogP contribution >= 0.6 is 0 Å². The van der Waals surface area contributed by atoms with Crippen molar-refractivity contribution in [2.75, 3.05) is 5.73 Å². The summed E-state index contributed by atoms with van der Waals surface area (Å²) in [6.07, 6.45) is -2.50. The van der Waals surface area contributed by atoms with E-state index in [1.807, 2.05) is 0 Å². The van der Waals surface area contributed by atoms with Crippen molar-refractivity contribution in [3.05, 3.63) is 29.3 Å². The van der Waals surface area contributed by atoms with Crippen molar-refractivity contribution in [3.63, 3.8) is 0 Å². The Kier molecular flexibility index (Phi) is 2.83. The zero-order valence-corrected chi connectivity index (χ0v) is 7.30. The fraction of sp³-hybridized carbons (Fsp3) is 0.333. The first-order valence-corrected chi connectivity index (χ1v) is 3.95. The van der Waals surface area contributed by atoms with Crippen molar-refractivity contribution in [2.24, 2.45) is 5.73 Å². The number of hydrogen-bond donors (Lipinski definition) is 2. The summed E-state index contributed by atoms with van der Waals surface area (Å²) in [6, 6.07) is 3.97. The highest BCUT2D eigenvalue weighted by Gasteiger charge is 2.10. The number of benzene rings is 1. The summed E-state index contributed by atoms with van der Waals surface area (Å²) >= 11 is 0. The summed E-state index contributed by atoms with van der Waals surface area (Å²) in [5, 5.41) is 0. The van der Waals surface area contributed by atoms with Crippen molar-refractivity contribution >= 4 is 5.69 Å². The van der Waals surface area contributed by atoms with Crippen LogP contribution in [0, 0.1) is 0 Å². The number of nitrogens with two attached hydrogens (primary N) is 2. The molecule has 0 heterocycles. The number of nitrogen functional groups attached to an aromatic ring is 1. The van der Waals surface area contributed by atoms with E-state index in [4.69, 9.17) is 11.5 Å². The highest BCUT2D eigenvalue weighted by Crippen LogP contribution is 2.24. The number of anilines is 1. The molecule has 1 atom stereocenters. The lowest BCUT2D eigenvalue weighted by Gasteiger charge is -2.09. The monoisotopic (exact) mass is 186 g/mol. The first-order chi connectivity index (χ1) is 6.00. The minimum atomic E-state index is -2.50. The highest BCUT2D eigenvalue weighted by molar-refractivity contribution is 5.45. The molecule has 0 aliphatic heterocycles. The van der Waals surface area contributed by atoms with Crippen LogP contribution in [0.5, 0.6) is 0 Å². The Morgan fingerprint density at radius 3 is 2.15 bits per heavy atom. The molecule has 0 saturated heterocycles. The zero-order chi connectivity index (χ0) is 10.0. The quantitative estimate of drug-likeness (QED) is 0.696. The average Bonchev–Trinajstić information content (AvgIpc) is 2.03. The van der Waals surface area contributed by atoms with Gasteiger partial charge < -0.3 is 11.5 Å². The SMILES string of the molecule is CC(N)c1cc(N)cc(C(F)F)c1. The van der Waals surface area contributed by atoms with E-state index in [2.05, 4.69) is 0 Å². The van der Waals surface area contributed by atoms with E-state index >= 15 is 0 Å². The van der Waals surface area contributed by atoms with Crippen molar-refractivity contribution in [2.45, 2.75) is 19.4 Å². The lowest BCUT2D eigenvalue weighted by atomic mass is 10.0. The second-order valence-corrected chi connectivity index (χ2v) is 3.02. The van der Waals surface area contributed by atoms with Gasteiger partial charge in [0.25, 0.3) is 6.43 Å². The fourth-order valence-electron chi connectivity index (χ4n) is 1.09. The van der Waals surface area contributed by atoms with Gasteiger partial charge in [-0.3, -0.25) is 0 Å². The minimum absolute atomic E-state index is 0.0766. The van der Waals surface area contributed by atoms with Gasteiger partial charge in [-0.05, 0) is 30.7 Å². The Morgan fingerprint density at radius 2 is 1.69 bits per heavy atom. The largest absolute Gasteiger partial charge is 0.399 e. The molecule has 13 heavy (non-hydrogen) atoms. The number of rotatable bonds is 2. The molecule has 4 heteroatoms. The molecule has 0 aromatic heterocycles. The highest BCUT2D eigenvalue weighted by atomic mass is 19.3. The van der Waals surface area contributed by atoms with E-state index in [-0.39, 0.29) is 11.6 Å². The lowest BCUT2D eigenvalue weighted by molar-refractivity contribution is 0.151. The summed E-state index contributed by atoms with van der Waals surface area (Å²) in [5.41, 5.74) is 11.9. The summed E-state index contributed by atoms with van der Waals surface area (Å²) in [5.74, 6) is 0. The van der Waals surface area contributed by atoms with Gasteiger partial charge in [-0.1, -0.05) is 0 Å². The molecule has 1 aromatic carbocycles. The molecule has 0 radical (unpaired) electrons. The zero-order valence-electron chi connectivity index (χ0n) is 7.30. The van der Waals surface area contributed by atoms with Gasteiger partial charge in [-0.2, -0.15) is 0 Å². The Labute approximate surface area is 75.5 Å². The van der Waals surface area contributed by atoms with E-state index in [1.165, 1.54) is 12.1 Å². The van der Waals surface area contributed by atoms with Crippen LogP contribution in [0.25, 0.3) is 0 Å². The van der Waals surface area contributed by atoms with Crippen LogP contribution in [0.3, 0.4) is 0 Å². The van der Waals surface area contributed by atoms with E-state index in [0.717, 1.165) is 0 Å². The molecular weight excluding hydrogens is 174 g/mol. The normalized spacial score (nSPS) is 13.3. The molecule has 0 aliphatic carbocycles. The van der Waals surface area contributed by atoms with E-state index < -0.39 is 6.43 Å². The van der Waals surface area contributed by atoms with Crippen LogP contribution in [-0.2, 0) is 0 Å². The van der Waals surface area contributed by atoms with Gasteiger partial charge in [0.15, 0.2) is 0 Å². The van der Waals surface area contributed by atoms with Gasteiger partial charge in [0.05, 0.1) is 0 Å². The molecule has 1 aromatic rings. The molecule has 0 amide bonds. The van der Waals surface area contributed by atoms with Crippen LogP contribution < -0.4 is 11.5 Å². The third kappa shape index (κ3) is 2.39. The summed E-state index contributed by atoms with van der Waals surface area (Å²) in [4.78, 5) is 0. The summed E-state index contributed by atoms with van der Waals surface area (Å²) in [6.45, 7) is 1.73. The Balaban J connectivity index is 3.11. The van der Waals surface area contributed by atoms with Crippen LogP contribution in [0.4, 0.5) is 14.5 Å². The average molecular weight is 186 g/mol. The maximum Gasteiger partial charge on any atom is 0.263 e. The van der Waals surface area contributed by atoms with E-state index in [9.17, 15) is 8.78 Å². The second kappa shape index (κ2) is 3.70. The van der Waals surface area contributed by atoms with Crippen LogP contribution in [0.1, 0.15) is 30.5 Å². The van der Waals surface area contributed by atoms with Crippen LogP contribution in [0.15, 0.2) is 18.2 Å². The van der Waals surface area contributed by atoms with Crippen molar-refractivity contribution in [3.8, 4) is 0 Å². The van der Waals surface area contributed by atoms with Crippen LogP contribution in [0.2, 0.25) is 0 Å². The number of halogens is 2. The van der Waals surface area contributed by atoms with E-state index in [0.29, 0.717) is 11.3 Å². The van der Waals surface area contributed by atoms with Crippen LogP contribution in [-0.4, -0.2) is 0 Å². The predicted octanol–water partition coefficient (Wildman–Crippen LogP) is 2.23. The number of alkyl halides is 2. The predicted molar refractivity (Wildman–Crippen MR) is 48.4 cm³/mol. The summed E-state index contributed by atoms with van der Waals surface area (Å²) in [7, 11) is 0. The maximum absolute atomic E-state index is 12.3. The Hall–Kier alpha value is -1.16. The van der Waals surface area contributed by atoms with Gasteiger partial charge in [-0.15, -0.1) is 0 Å². The maximum atomic E-state index is 12.3. The molecule has 0 aliphatic rings. The summed E-state index contributed by atoms with van der Waals surface area (Å²) < 4.78 is 24.6. The Morgan fingerprint density at radius 1 is 1.15 bits per heavy atom. The topological polar surface area (TPSA) is 52.0 Å². The smallest absolute Gasteiger partial charge is 0.263 e. The molecular formula is C9H12F2N2. The molecule has 1 rings (SSSR count). The second-order valence-electron chi connectivity index (χ2n) is 3.02. The molecule has 0 saturated carbocycles. The van der Waals surface area contributed by atoms with Crippen molar-refractivity contribution in [1.29, 1.82) is 0 Å². The van der Waals surface area contributed by atoms with Crippen molar-refractivity contribution < 1.29 is 8.78 Å². The molecule has 0 bridgehead atoms. The molecule has 1 unspecified atom stereocenters. The fourth-order valence-corrected chi connectivity index (χ4v) is 1.09. The van der Waals surface area contributed by atoms with Gasteiger partial charge in [0.2, 0.25) is 0 Å². The van der Waals surface area contributed by atoms with Gasteiger partial charge in [-0.25, -0.2) is 8.78 Å².